The van der Waals surface area contributed by atoms with Crippen LogP contribution in [0, 0.1) is 6.92 Å². The molecule has 0 aromatic carbocycles. The highest BCUT2D eigenvalue weighted by atomic mass is 32.1. The lowest BCUT2D eigenvalue weighted by molar-refractivity contribution is -0.126. The number of ketones is 1. The van der Waals surface area contributed by atoms with Crippen LogP contribution in [-0.2, 0) is 4.79 Å². The zero-order valence-corrected chi connectivity index (χ0v) is 20.7. The molecule has 2 N–H and O–H groups in total. The fraction of sp³-hybridized carbons (Fsp3) is 0.273. The Kier molecular flexibility index (Phi) is 5.60. The van der Waals surface area contributed by atoms with Crippen molar-refractivity contribution in [2.24, 2.45) is 0 Å². The largest absolute Gasteiger partial charge is 0.494 e. The number of ether oxygens (including phenoxy) is 1. The lowest BCUT2D eigenvalue weighted by Gasteiger charge is -2.34. The third-order valence-corrected chi connectivity index (χ3v) is 6.95. The molecular weight excluding hydrogens is 498 g/mol. The molecule has 0 bridgehead atoms. The standard InChI is InChI=1S/C22H21N11O3S/c1-12-26-11-33(29-12)19-16-15(14(36-2)10-25-19)13(9-24-16)18(34)22(35)32-6-4-31(5-7-32)20-17(27-30-28-20)21-23-3-8-37-21/h3,8-11,24H,4-7H2,1-2H3,(H,27,28,30). The van der Waals surface area contributed by atoms with E-state index in [1.165, 1.54) is 41.8 Å². The van der Waals surface area contributed by atoms with E-state index in [1.54, 1.807) is 18.0 Å². The summed E-state index contributed by atoms with van der Waals surface area (Å²) >= 11 is 1.48. The zero-order chi connectivity index (χ0) is 25.5. The third-order valence-electron chi connectivity index (χ3n) is 6.17. The quantitative estimate of drug-likeness (QED) is 0.246. The maximum absolute atomic E-state index is 13.4. The fourth-order valence-electron chi connectivity index (χ4n) is 4.37. The van der Waals surface area contributed by atoms with Crippen LogP contribution < -0.4 is 9.64 Å². The lowest BCUT2D eigenvalue weighted by Crippen LogP contribution is -2.50. The summed E-state index contributed by atoms with van der Waals surface area (Å²) in [5.74, 6) is 0.858. The number of carbonyl (C=O) groups is 2. The summed E-state index contributed by atoms with van der Waals surface area (Å²) in [4.78, 5) is 46.2. The Hall–Kier alpha value is -4.66. The van der Waals surface area contributed by atoms with E-state index >= 15 is 0 Å². The molecule has 5 aromatic rings. The minimum Gasteiger partial charge on any atom is -0.494 e. The Morgan fingerprint density at radius 3 is 2.62 bits per heavy atom. The van der Waals surface area contributed by atoms with Crippen LogP contribution in [0.2, 0.25) is 0 Å². The van der Waals surface area contributed by atoms with Gasteiger partial charge in [0.1, 0.15) is 22.9 Å². The number of pyridine rings is 1. The highest BCUT2D eigenvalue weighted by Gasteiger charge is 2.31. The topological polar surface area (TPSA) is 164 Å². The maximum Gasteiger partial charge on any atom is 0.295 e. The lowest BCUT2D eigenvalue weighted by atomic mass is 10.1. The van der Waals surface area contributed by atoms with Gasteiger partial charge in [0.25, 0.3) is 11.7 Å². The van der Waals surface area contributed by atoms with Crippen molar-refractivity contribution in [2.45, 2.75) is 6.92 Å². The number of aryl methyl sites for hydroxylation is 1. The molecule has 1 aliphatic heterocycles. The molecular formula is C22H21N11O3S. The van der Waals surface area contributed by atoms with Gasteiger partial charge in [-0.05, 0) is 6.92 Å². The predicted octanol–water partition coefficient (Wildman–Crippen LogP) is 1.23. The van der Waals surface area contributed by atoms with Crippen molar-refractivity contribution in [2.75, 3.05) is 38.2 Å². The Morgan fingerprint density at radius 1 is 1.08 bits per heavy atom. The molecule has 15 heteroatoms. The molecule has 188 valence electrons. The van der Waals surface area contributed by atoms with Gasteiger partial charge >= 0.3 is 0 Å². The first-order valence-electron chi connectivity index (χ1n) is 11.4. The van der Waals surface area contributed by atoms with Gasteiger partial charge in [0.05, 0.1) is 29.8 Å². The number of Topliss-reactive ketones (excluding diaryl/α,β-unsaturated/α-hetero) is 1. The van der Waals surface area contributed by atoms with Gasteiger partial charge in [0, 0.05) is 44.0 Å². The second-order valence-corrected chi connectivity index (χ2v) is 9.17. The van der Waals surface area contributed by atoms with E-state index in [0.717, 1.165) is 5.01 Å². The first-order chi connectivity index (χ1) is 18.0. The summed E-state index contributed by atoms with van der Waals surface area (Å²) in [6, 6.07) is 0. The van der Waals surface area contributed by atoms with Gasteiger partial charge in [-0.15, -0.1) is 16.4 Å². The van der Waals surface area contributed by atoms with Gasteiger partial charge in [0.15, 0.2) is 17.3 Å². The molecule has 1 amide bonds. The monoisotopic (exact) mass is 519 g/mol. The number of hydrogen-bond acceptors (Lipinski definition) is 11. The number of piperazine rings is 1. The van der Waals surface area contributed by atoms with Crippen molar-refractivity contribution >= 4 is 39.7 Å². The van der Waals surface area contributed by atoms with Crippen LogP contribution >= 0.6 is 11.3 Å². The summed E-state index contributed by atoms with van der Waals surface area (Å²) in [7, 11) is 1.49. The van der Waals surface area contributed by atoms with Crippen LogP contribution in [0.25, 0.3) is 27.4 Å². The van der Waals surface area contributed by atoms with Gasteiger partial charge in [-0.25, -0.2) is 19.6 Å². The Morgan fingerprint density at radius 2 is 1.92 bits per heavy atom. The summed E-state index contributed by atoms with van der Waals surface area (Å²) in [6.45, 7) is 3.49. The van der Waals surface area contributed by atoms with Crippen LogP contribution in [0.1, 0.15) is 16.2 Å². The molecule has 1 fully saturated rings. The number of nitrogens with zero attached hydrogens (tertiary/aromatic N) is 9. The van der Waals surface area contributed by atoms with Crippen molar-refractivity contribution in [3.05, 3.63) is 41.7 Å². The molecule has 0 aliphatic carbocycles. The van der Waals surface area contributed by atoms with Gasteiger partial charge in [-0.2, -0.15) is 15.4 Å². The van der Waals surface area contributed by atoms with Crippen LogP contribution in [0.15, 0.2) is 30.3 Å². The van der Waals surface area contributed by atoms with Crippen LogP contribution in [0.3, 0.4) is 0 Å². The van der Waals surface area contributed by atoms with Crippen molar-refractivity contribution < 1.29 is 14.3 Å². The predicted molar refractivity (Wildman–Crippen MR) is 133 cm³/mol. The maximum atomic E-state index is 13.4. The smallest absolute Gasteiger partial charge is 0.295 e. The minimum absolute atomic E-state index is 0.210. The normalized spacial score (nSPS) is 13.9. The highest BCUT2D eigenvalue weighted by Crippen LogP contribution is 2.32. The average molecular weight is 520 g/mol. The van der Waals surface area contributed by atoms with E-state index in [-0.39, 0.29) is 5.56 Å². The molecule has 14 nitrogen and oxygen atoms in total. The number of hydrogen-bond donors (Lipinski definition) is 2. The first-order valence-corrected chi connectivity index (χ1v) is 12.2. The van der Waals surface area contributed by atoms with E-state index in [4.69, 9.17) is 4.74 Å². The van der Waals surface area contributed by atoms with Crippen LogP contribution in [-0.4, -0.2) is 95.0 Å². The van der Waals surface area contributed by atoms with Crippen molar-refractivity contribution in [1.82, 2.24) is 50.0 Å². The minimum atomic E-state index is -0.630. The summed E-state index contributed by atoms with van der Waals surface area (Å²) in [6.07, 6.45) is 6.26. The Labute approximate surface area is 213 Å². The van der Waals surface area contributed by atoms with Crippen LogP contribution in [0.4, 0.5) is 5.82 Å². The van der Waals surface area contributed by atoms with Gasteiger partial charge in [-0.1, -0.05) is 0 Å². The number of nitrogens with one attached hydrogen (secondary N) is 2. The summed E-state index contributed by atoms with van der Waals surface area (Å²) < 4.78 is 6.97. The van der Waals surface area contributed by atoms with Gasteiger partial charge in [0.2, 0.25) is 0 Å². The number of thiazole rings is 1. The Bertz CT molecular complexity index is 1600. The average Bonchev–Trinajstić information content (AvgIpc) is 3.73. The molecule has 1 saturated heterocycles. The Balaban J connectivity index is 1.23. The van der Waals surface area contributed by atoms with E-state index in [1.807, 2.05) is 10.3 Å². The molecule has 0 unspecified atom stereocenters. The molecule has 0 atom stereocenters. The number of fused-ring (bicyclic) bond motifs is 1. The molecule has 1 aliphatic rings. The number of carbonyl (C=O) groups excluding carboxylic acids is 2. The van der Waals surface area contributed by atoms with Crippen molar-refractivity contribution in [1.29, 1.82) is 0 Å². The number of anilines is 1. The third kappa shape index (κ3) is 3.88. The molecule has 6 heterocycles. The first kappa shape index (κ1) is 22.8. The molecule has 37 heavy (non-hydrogen) atoms. The van der Waals surface area contributed by atoms with E-state index in [0.29, 0.717) is 66.0 Å². The molecule has 0 saturated carbocycles. The van der Waals surface area contributed by atoms with Gasteiger partial charge in [-0.3, -0.25) is 9.59 Å². The zero-order valence-electron chi connectivity index (χ0n) is 19.9. The fourth-order valence-corrected chi connectivity index (χ4v) is 4.99. The summed E-state index contributed by atoms with van der Waals surface area (Å²) in [5.41, 5.74) is 1.40. The molecule has 5 aromatic heterocycles. The highest BCUT2D eigenvalue weighted by molar-refractivity contribution is 7.13. The van der Waals surface area contributed by atoms with E-state index < -0.39 is 11.7 Å². The molecule has 0 spiro atoms. The van der Waals surface area contributed by atoms with Crippen LogP contribution in [0.5, 0.6) is 5.75 Å². The second kappa shape index (κ2) is 9.09. The second-order valence-electron chi connectivity index (χ2n) is 8.28. The van der Waals surface area contributed by atoms with Crippen molar-refractivity contribution in [3.63, 3.8) is 0 Å². The van der Waals surface area contributed by atoms with E-state index in [9.17, 15) is 9.59 Å². The van der Waals surface area contributed by atoms with Crippen molar-refractivity contribution in [3.8, 4) is 22.3 Å². The number of methoxy groups -OCH3 is 1. The number of rotatable bonds is 6. The summed E-state index contributed by atoms with van der Waals surface area (Å²) in [5, 5.41) is 18.6. The number of aromatic amines is 2. The van der Waals surface area contributed by atoms with Gasteiger partial charge < -0.3 is 19.5 Å². The SMILES string of the molecule is COc1cnc(-n2cnc(C)n2)c2[nH]cc(C(=O)C(=O)N3CCN(c4n[nH]nc4-c4nccs4)CC3)c12. The molecule has 6 rings (SSSR count). The number of aromatic nitrogens is 9. The molecule has 0 radical (unpaired) electrons. The number of amides is 1. The van der Waals surface area contributed by atoms with E-state index in [2.05, 4.69) is 40.4 Å². The number of H-pyrrole nitrogens is 2.